The van der Waals surface area contributed by atoms with Crippen molar-refractivity contribution in [1.29, 1.82) is 0 Å². The summed E-state index contributed by atoms with van der Waals surface area (Å²) in [5.74, 6) is 0.761. The maximum atomic E-state index is 6.43. The Labute approximate surface area is 118 Å². The molecule has 0 saturated heterocycles. The molecule has 1 heterocycles. The summed E-state index contributed by atoms with van der Waals surface area (Å²) in [7, 11) is 0. The minimum Gasteiger partial charge on any atom is -0.320 e. The summed E-state index contributed by atoms with van der Waals surface area (Å²) >= 11 is 1.72. The Bertz CT molecular complexity index is 584. The molecule has 1 atom stereocenters. The van der Waals surface area contributed by atoms with Gasteiger partial charge >= 0.3 is 0 Å². The third-order valence-corrected chi connectivity index (χ3v) is 5.22. The normalized spacial score (nSPS) is 17.2. The molecule has 1 aliphatic rings. The zero-order chi connectivity index (χ0) is 13.4. The fraction of sp³-hybridized carbons (Fsp3) is 0.438. The molecule has 1 aliphatic carbocycles. The molecular formula is C16H20N2S. The molecule has 100 valence electrons. The van der Waals surface area contributed by atoms with Gasteiger partial charge in [-0.3, -0.25) is 0 Å². The Balaban J connectivity index is 1.90. The van der Waals surface area contributed by atoms with E-state index in [1.54, 1.807) is 11.3 Å². The van der Waals surface area contributed by atoms with Gasteiger partial charge in [-0.2, -0.15) is 0 Å². The molecule has 3 heteroatoms. The van der Waals surface area contributed by atoms with Crippen molar-refractivity contribution >= 4 is 11.3 Å². The lowest BCUT2D eigenvalue weighted by Crippen LogP contribution is -2.14. The van der Waals surface area contributed by atoms with Crippen LogP contribution in [0.25, 0.3) is 0 Å². The quantitative estimate of drug-likeness (QED) is 0.914. The van der Waals surface area contributed by atoms with Crippen molar-refractivity contribution < 1.29 is 0 Å². The number of aromatic nitrogens is 1. The van der Waals surface area contributed by atoms with Crippen LogP contribution in [0.5, 0.6) is 0 Å². The SMILES string of the molecule is Cc1nc(C)c(C(N)c2cccc(C3CCC3)c2)s1. The van der Waals surface area contributed by atoms with Gasteiger partial charge in [0.1, 0.15) is 0 Å². The molecule has 1 unspecified atom stereocenters. The number of thiazole rings is 1. The Morgan fingerprint density at radius 2 is 2.11 bits per heavy atom. The zero-order valence-corrected chi connectivity index (χ0v) is 12.3. The predicted molar refractivity (Wildman–Crippen MR) is 80.7 cm³/mol. The monoisotopic (exact) mass is 272 g/mol. The van der Waals surface area contributed by atoms with Crippen molar-refractivity contribution in [3.8, 4) is 0 Å². The number of nitrogens with two attached hydrogens (primary N) is 1. The summed E-state index contributed by atoms with van der Waals surface area (Å²) in [6, 6.07) is 8.78. The Kier molecular flexibility index (Phi) is 3.42. The van der Waals surface area contributed by atoms with Crippen molar-refractivity contribution in [1.82, 2.24) is 4.98 Å². The van der Waals surface area contributed by atoms with Gasteiger partial charge in [-0.05, 0) is 43.7 Å². The van der Waals surface area contributed by atoms with Crippen molar-refractivity contribution in [2.24, 2.45) is 5.73 Å². The highest BCUT2D eigenvalue weighted by Crippen LogP contribution is 2.37. The molecule has 1 fully saturated rings. The van der Waals surface area contributed by atoms with E-state index in [2.05, 4.69) is 36.2 Å². The smallest absolute Gasteiger partial charge is 0.0900 e. The van der Waals surface area contributed by atoms with Crippen LogP contribution in [0, 0.1) is 13.8 Å². The molecule has 2 nitrogen and oxygen atoms in total. The van der Waals surface area contributed by atoms with Gasteiger partial charge in [0.25, 0.3) is 0 Å². The average Bonchev–Trinajstić information content (AvgIpc) is 2.66. The van der Waals surface area contributed by atoms with Gasteiger partial charge in [0.2, 0.25) is 0 Å². The fourth-order valence-electron chi connectivity index (χ4n) is 2.73. The van der Waals surface area contributed by atoms with Crippen molar-refractivity contribution in [3.05, 3.63) is 51.0 Å². The highest BCUT2D eigenvalue weighted by atomic mass is 32.1. The lowest BCUT2D eigenvalue weighted by molar-refractivity contribution is 0.419. The first-order chi connectivity index (χ1) is 9.15. The summed E-state index contributed by atoms with van der Waals surface area (Å²) < 4.78 is 0. The molecule has 1 saturated carbocycles. The van der Waals surface area contributed by atoms with Crippen LogP contribution in [-0.2, 0) is 0 Å². The molecule has 2 N–H and O–H groups in total. The first-order valence-electron chi connectivity index (χ1n) is 6.94. The first kappa shape index (κ1) is 12.8. The Hall–Kier alpha value is -1.19. The average molecular weight is 272 g/mol. The van der Waals surface area contributed by atoms with Crippen molar-refractivity contribution in [2.45, 2.75) is 45.1 Å². The summed E-state index contributed by atoms with van der Waals surface area (Å²) in [5.41, 5.74) is 10.2. The number of benzene rings is 1. The number of aryl methyl sites for hydroxylation is 2. The van der Waals surface area contributed by atoms with Crippen LogP contribution in [0.3, 0.4) is 0 Å². The summed E-state index contributed by atoms with van der Waals surface area (Å²) in [4.78, 5) is 5.68. The van der Waals surface area contributed by atoms with Crippen LogP contribution < -0.4 is 5.73 Å². The van der Waals surface area contributed by atoms with Gasteiger partial charge in [0, 0.05) is 4.88 Å². The van der Waals surface area contributed by atoms with Gasteiger partial charge < -0.3 is 5.73 Å². The molecule has 1 aromatic heterocycles. The molecule has 0 radical (unpaired) electrons. The van der Waals surface area contributed by atoms with Gasteiger partial charge in [0.15, 0.2) is 0 Å². The van der Waals surface area contributed by atoms with Crippen LogP contribution in [0.2, 0.25) is 0 Å². The van der Waals surface area contributed by atoms with Crippen LogP contribution in [0.4, 0.5) is 0 Å². The van der Waals surface area contributed by atoms with E-state index in [1.807, 2.05) is 6.92 Å². The van der Waals surface area contributed by atoms with E-state index in [0.717, 1.165) is 16.6 Å². The summed E-state index contributed by atoms with van der Waals surface area (Å²) in [6.45, 7) is 4.09. The Morgan fingerprint density at radius 1 is 1.32 bits per heavy atom. The molecule has 0 amide bonds. The number of hydrogen-bond acceptors (Lipinski definition) is 3. The van der Waals surface area contributed by atoms with E-state index in [4.69, 9.17) is 5.73 Å². The van der Waals surface area contributed by atoms with Crippen LogP contribution in [-0.4, -0.2) is 4.98 Å². The topological polar surface area (TPSA) is 38.9 Å². The highest BCUT2D eigenvalue weighted by Gasteiger charge is 2.21. The van der Waals surface area contributed by atoms with Crippen molar-refractivity contribution in [2.75, 3.05) is 0 Å². The molecule has 0 spiro atoms. The second-order valence-corrected chi connectivity index (χ2v) is 6.69. The highest BCUT2D eigenvalue weighted by molar-refractivity contribution is 7.11. The molecule has 3 rings (SSSR count). The minimum atomic E-state index is -0.0359. The molecule has 1 aromatic carbocycles. The van der Waals surface area contributed by atoms with Gasteiger partial charge in [-0.1, -0.05) is 30.7 Å². The van der Waals surface area contributed by atoms with E-state index in [1.165, 1.54) is 35.3 Å². The molecule has 0 aliphatic heterocycles. The van der Waals surface area contributed by atoms with Gasteiger partial charge in [-0.15, -0.1) is 11.3 Å². The third kappa shape index (κ3) is 2.45. The maximum Gasteiger partial charge on any atom is 0.0900 e. The zero-order valence-electron chi connectivity index (χ0n) is 11.5. The van der Waals surface area contributed by atoms with Gasteiger partial charge in [-0.25, -0.2) is 4.98 Å². The first-order valence-corrected chi connectivity index (χ1v) is 7.76. The lowest BCUT2D eigenvalue weighted by atomic mass is 9.79. The fourth-order valence-corrected chi connectivity index (χ4v) is 3.69. The lowest BCUT2D eigenvalue weighted by Gasteiger charge is -2.26. The van der Waals surface area contributed by atoms with Crippen LogP contribution in [0.1, 0.15) is 57.9 Å². The maximum absolute atomic E-state index is 6.43. The van der Waals surface area contributed by atoms with E-state index in [0.29, 0.717) is 0 Å². The Morgan fingerprint density at radius 3 is 2.68 bits per heavy atom. The molecule has 0 bridgehead atoms. The summed E-state index contributed by atoms with van der Waals surface area (Å²) in [6.07, 6.45) is 4.03. The third-order valence-electron chi connectivity index (χ3n) is 4.07. The largest absolute Gasteiger partial charge is 0.320 e. The number of hydrogen-bond donors (Lipinski definition) is 1. The second-order valence-electron chi connectivity index (χ2n) is 5.46. The van der Waals surface area contributed by atoms with Gasteiger partial charge in [0.05, 0.1) is 16.7 Å². The van der Waals surface area contributed by atoms with E-state index >= 15 is 0 Å². The van der Waals surface area contributed by atoms with Crippen molar-refractivity contribution in [3.63, 3.8) is 0 Å². The molecule has 19 heavy (non-hydrogen) atoms. The van der Waals surface area contributed by atoms with Crippen LogP contribution >= 0.6 is 11.3 Å². The van der Waals surface area contributed by atoms with Crippen LogP contribution in [0.15, 0.2) is 24.3 Å². The number of rotatable bonds is 3. The number of nitrogens with zero attached hydrogens (tertiary/aromatic N) is 1. The van der Waals surface area contributed by atoms with E-state index < -0.39 is 0 Å². The van der Waals surface area contributed by atoms with E-state index in [9.17, 15) is 0 Å². The summed E-state index contributed by atoms with van der Waals surface area (Å²) in [5, 5.41) is 1.10. The standard InChI is InChI=1S/C16H20N2S/c1-10-16(19-11(2)18-10)15(17)14-8-4-7-13(9-14)12-5-3-6-12/h4,7-9,12,15H,3,5-6,17H2,1-2H3. The second kappa shape index (κ2) is 5.06. The van der Waals surface area contributed by atoms with E-state index in [-0.39, 0.29) is 6.04 Å². The molecular weight excluding hydrogens is 252 g/mol. The minimum absolute atomic E-state index is 0.0359. The predicted octanol–water partition coefficient (Wildman–Crippen LogP) is 4.08. The molecule has 2 aromatic rings.